The Hall–Kier alpha value is -3.62. The fourth-order valence-corrected chi connectivity index (χ4v) is 2.94. The van der Waals surface area contributed by atoms with Gasteiger partial charge >= 0.3 is 53.5 Å². The molecule has 0 fully saturated rings. The summed E-state index contributed by atoms with van der Waals surface area (Å²) in [6.45, 7) is 2.08. The van der Waals surface area contributed by atoms with Crippen LogP contribution in [-0.4, -0.2) is 52.0 Å². The van der Waals surface area contributed by atoms with Crippen molar-refractivity contribution in [1.29, 1.82) is 0 Å². The van der Waals surface area contributed by atoms with E-state index in [2.05, 4.69) is 9.47 Å². The largest absolute Gasteiger partial charge is 0.515 e. The maximum Gasteiger partial charge on any atom is 0.515 e. The van der Waals surface area contributed by atoms with Crippen molar-refractivity contribution in [2.24, 2.45) is 0 Å². The summed E-state index contributed by atoms with van der Waals surface area (Å²) in [5.41, 5.74) is -20.2. The lowest BCUT2D eigenvalue weighted by atomic mass is 9.81. The highest BCUT2D eigenvalue weighted by Crippen LogP contribution is 2.63. The molecule has 22 heteroatoms. The SMILES string of the molecule is CC(C)c1cc([N+](=O)[O-])c([N+](=O)[O-])cc1OC(=O)OC(C(F)(F)F)(C(F)(F)F)C(F)(C(F)(F)F)C(F)(F)F. The fourth-order valence-electron chi connectivity index (χ4n) is 2.94. The maximum atomic E-state index is 14.3. The number of halogens is 13. The first kappa shape index (κ1) is 32.4. The van der Waals surface area contributed by atoms with Crippen LogP contribution in [0.4, 0.5) is 73.2 Å². The number of ether oxygens (including phenoxy) is 2. The molecule has 0 saturated heterocycles. The molecule has 0 spiro atoms. The smallest absolute Gasteiger partial charge is 0.403 e. The number of nitro groups is 2. The van der Waals surface area contributed by atoms with E-state index in [1.165, 1.54) is 0 Å². The lowest BCUT2D eigenvalue weighted by Crippen LogP contribution is -2.79. The summed E-state index contributed by atoms with van der Waals surface area (Å²) in [5, 5.41) is 22.0. The Bertz CT molecular complexity index is 1080. The average molecular weight is 588 g/mol. The minimum absolute atomic E-state index is 0.159. The summed E-state index contributed by atoms with van der Waals surface area (Å²) in [6, 6.07) is 0.0604. The summed E-state index contributed by atoms with van der Waals surface area (Å²) >= 11 is 0. The Kier molecular flexibility index (Phi) is 8.19. The van der Waals surface area contributed by atoms with Gasteiger partial charge in [0, 0.05) is 11.6 Å². The van der Waals surface area contributed by atoms with Crippen LogP contribution in [0, 0.1) is 20.2 Å². The van der Waals surface area contributed by atoms with Crippen molar-refractivity contribution in [3.8, 4) is 5.75 Å². The Morgan fingerprint density at radius 1 is 0.737 bits per heavy atom. The molecule has 0 aliphatic carbocycles. The first-order chi connectivity index (χ1) is 16.7. The van der Waals surface area contributed by atoms with Gasteiger partial charge in [0.05, 0.1) is 15.9 Å². The molecule has 1 aromatic carbocycles. The normalized spacial score (nSPS) is 13.9. The number of hydrogen-bond acceptors (Lipinski definition) is 7. The third-order valence-electron chi connectivity index (χ3n) is 4.62. The van der Waals surface area contributed by atoms with Gasteiger partial charge in [0.15, 0.2) is 0 Å². The van der Waals surface area contributed by atoms with Gasteiger partial charge in [0.25, 0.3) is 0 Å². The number of hydrogen-bond donors (Lipinski definition) is 0. The molecule has 0 aromatic heterocycles. The van der Waals surface area contributed by atoms with E-state index in [-0.39, 0.29) is 12.1 Å². The van der Waals surface area contributed by atoms with Gasteiger partial charge in [-0.2, -0.15) is 52.7 Å². The third-order valence-corrected chi connectivity index (χ3v) is 4.62. The molecular formula is C16H9F13N2O7. The predicted octanol–water partition coefficient (Wildman–Crippen LogP) is 6.84. The molecule has 0 unspecified atom stereocenters. The number of nitrogens with zero attached hydrogens (tertiary/aromatic N) is 2. The first-order valence-corrected chi connectivity index (χ1v) is 9.00. The summed E-state index contributed by atoms with van der Waals surface area (Å²) < 4.78 is 179. The molecule has 0 atom stereocenters. The van der Waals surface area contributed by atoms with Crippen LogP contribution in [0.5, 0.6) is 5.75 Å². The van der Waals surface area contributed by atoms with Gasteiger partial charge in [-0.3, -0.25) is 20.2 Å². The lowest BCUT2D eigenvalue weighted by molar-refractivity contribution is -0.477. The molecule has 0 amide bonds. The molecule has 0 N–H and O–H groups in total. The zero-order valence-electron chi connectivity index (χ0n) is 17.9. The Morgan fingerprint density at radius 3 is 1.39 bits per heavy atom. The topological polar surface area (TPSA) is 122 Å². The lowest BCUT2D eigenvalue weighted by Gasteiger charge is -2.45. The third kappa shape index (κ3) is 5.19. The van der Waals surface area contributed by atoms with E-state index in [1.54, 1.807) is 0 Å². The number of carbonyl (C=O) groups is 1. The quantitative estimate of drug-likeness (QED) is 0.117. The zero-order chi connectivity index (χ0) is 30.4. The monoisotopic (exact) mass is 588 g/mol. The van der Waals surface area contributed by atoms with Crippen molar-refractivity contribution in [2.75, 3.05) is 0 Å². The molecule has 38 heavy (non-hydrogen) atoms. The number of alkyl halides is 13. The molecule has 0 radical (unpaired) electrons. The van der Waals surface area contributed by atoms with Gasteiger partial charge in [0.1, 0.15) is 5.75 Å². The highest BCUT2D eigenvalue weighted by Gasteiger charge is 2.98. The Balaban J connectivity index is 3.97. The van der Waals surface area contributed by atoms with Crippen LogP contribution in [0.25, 0.3) is 0 Å². The van der Waals surface area contributed by atoms with Gasteiger partial charge in [-0.25, -0.2) is 9.18 Å². The minimum Gasteiger partial charge on any atom is -0.403 e. The van der Waals surface area contributed by atoms with Crippen LogP contribution >= 0.6 is 0 Å². The molecule has 0 aliphatic heterocycles. The van der Waals surface area contributed by atoms with Crippen molar-refractivity contribution < 1.29 is 81.2 Å². The van der Waals surface area contributed by atoms with Crippen molar-refractivity contribution in [2.45, 2.75) is 55.7 Å². The van der Waals surface area contributed by atoms with Crippen LogP contribution < -0.4 is 4.74 Å². The molecule has 1 rings (SSSR count). The minimum atomic E-state index is -8.37. The van der Waals surface area contributed by atoms with Gasteiger partial charge in [-0.1, -0.05) is 13.8 Å². The Morgan fingerprint density at radius 2 is 1.11 bits per heavy atom. The van der Waals surface area contributed by atoms with E-state index in [0.717, 1.165) is 13.8 Å². The van der Waals surface area contributed by atoms with Gasteiger partial charge in [0.2, 0.25) is 0 Å². The van der Waals surface area contributed by atoms with Crippen LogP contribution in [-0.2, 0) is 4.74 Å². The van der Waals surface area contributed by atoms with E-state index in [0.29, 0.717) is 0 Å². The van der Waals surface area contributed by atoms with Gasteiger partial charge in [-0.15, -0.1) is 0 Å². The molecular weight excluding hydrogens is 579 g/mol. The van der Waals surface area contributed by atoms with Gasteiger partial charge in [-0.05, 0) is 5.92 Å². The van der Waals surface area contributed by atoms with Gasteiger partial charge < -0.3 is 9.47 Å². The van der Waals surface area contributed by atoms with Crippen LogP contribution in [0.1, 0.15) is 25.3 Å². The number of carbonyl (C=O) groups excluding carboxylic acids is 1. The van der Waals surface area contributed by atoms with Crippen molar-refractivity contribution in [3.63, 3.8) is 0 Å². The summed E-state index contributed by atoms with van der Waals surface area (Å²) in [6.07, 6.45) is -35.9. The number of benzene rings is 1. The van der Waals surface area contributed by atoms with Crippen LogP contribution in [0.3, 0.4) is 0 Å². The second-order valence-corrected chi connectivity index (χ2v) is 7.33. The molecule has 0 saturated carbocycles. The second-order valence-electron chi connectivity index (χ2n) is 7.33. The number of rotatable bonds is 6. The zero-order valence-corrected chi connectivity index (χ0v) is 17.9. The summed E-state index contributed by atoms with van der Waals surface area (Å²) in [7, 11) is 0. The van der Waals surface area contributed by atoms with E-state index in [4.69, 9.17) is 0 Å². The fraction of sp³-hybridized carbons (Fsp3) is 0.562. The molecule has 9 nitrogen and oxygen atoms in total. The predicted molar refractivity (Wildman–Crippen MR) is 91.7 cm³/mol. The van der Waals surface area contributed by atoms with E-state index >= 15 is 0 Å². The summed E-state index contributed by atoms with van der Waals surface area (Å²) in [4.78, 5) is 30.9. The highest BCUT2D eigenvalue weighted by molar-refractivity contribution is 5.69. The van der Waals surface area contributed by atoms with E-state index < -0.39 is 80.6 Å². The van der Waals surface area contributed by atoms with Crippen molar-refractivity contribution in [1.82, 2.24) is 0 Å². The summed E-state index contributed by atoms with van der Waals surface area (Å²) in [5.74, 6) is -2.75. The average Bonchev–Trinajstić information content (AvgIpc) is 2.66. The Labute approximate surface area is 199 Å². The van der Waals surface area contributed by atoms with Crippen molar-refractivity contribution >= 4 is 17.5 Å². The maximum absolute atomic E-state index is 14.3. The molecule has 216 valence electrons. The molecule has 0 heterocycles. The van der Waals surface area contributed by atoms with Crippen molar-refractivity contribution in [3.05, 3.63) is 37.9 Å². The van der Waals surface area contributed by atoms with Crippen LogP contribution in [0.15, 0.2) is 12.1 Å². The van der Waals surface area contributed by atoms with Crippen LogP contribution in [0.2, 0.25) is 0 Å². The second kappa shape index (κ2) is 9.60. The standard InChI is InChI=1S/C16H9F13N2O7/c1-5(2)6-3-7(30(33)34)8(31(35)36)4-9(6)37-10(32)38-12(15(24,25)26,16(27,28)29)11(17,13(18,19)20)14(21,22)23/h3-5H,1-2H3. The van der Waals surface area contributed by atoms with E-state index in [1.807, 2.05) is 0 Å². The highest BCUT2D eigenvalue weighted by atomic mass is 19.4. The number of nitro benzene ring substituents is 2. The first-order valence-electron chi connectivity index (χ1n) is 9.00. The molecule has 0 aliphatic rings. The molecule has 1 aromatic rings. The molecule has 0 bridgehead atoms. The van der Waals surface area contributed by atoms with E-state index in [9.17, 15) is 82.1 Å².